The molecule has 0 aromatic carbocycles. The van der Waals surface area contributed by atoms with Crippen molar-refractivity contribution in [2.75, 3.05) is 0 Å². The predicted molar refractivity (Wildman–Crippen MR) is 56.4 cm³/mol. The molecule has 1 aliphatic carbocycles. The van der Waals surface area contributed by atoms with Gasteiger partial charge < -0.3 is 10.4 Å². The summed E-state index contributed by atoms with van der Waals surface area (Å²) in [5.74, 6) is 0.0813. The van der Waals surface area contributed by atoms with Crippen LogP contribution >= 0.6 is 0 Å². The fourth-order valence-electron chi connectivity index (χ4n) is 1.67. The van der Waals surface area contributed by atoms with Crippen molar-refractivity contribution in [2.24, 2.45) is 11.8 Å². The minimum absolute atomic E-state index is 0.0876. The van der Waals surface area contributed by atoms with Crippen molar-refractivity contribution in [3.63, 3.8) is 0 Å². The van der Waals surface area contributed by atoms with Crippen LogP contribution in [-0.4, -0.2) is 23.0 Å². The number of aliphatic carboxylic acids is 1. The van der Waals surface area contributed by atoms with Gasteiger partial charge in [-0.05, 0) is 32.1 Å². The summed E-state index contributed by atoms with van der Waals surface area (Å²) in [7, 11) is 0. The number of carbonyl (C=O) groups excluding carboxylic acids is 1. The molecular formula is C11H19NO3. The third-order valence-electron chi connectivity index (χ3n) is 2.86. The van der Waals surface area contributed by atoms with Crippen LogP contribution in [0.4, 0.5) is 0 Å². The molecule has 4 nitrogen and oxygen atoms in total. The van der Waals surface area contributed by atoms with Gasteiger partial charge in [0, 0.05) is 18.4 Å². The van der Waals surface area contributed by atoms with Gasteiger partial charge in [0.05, 0.1) is 0 Å². The average molecular weight is 213 g/mol. The van der Waals surface area contributed by atoms with Gasteiger partial charge in [0.25, 0.3) is 0 Å². The highest BCUT2D eigenvalue weighted by Gasteiger charge is 2.39. The van der Waals surface area contributed by atoms with Crippen LogP contribution in [-0.2, 0) is 9.59 Å². The number of carboxylic acid groups (broad SMARTS) is 1. The Bertz CT molecular complexity index is 252. The van der Waals surface area contributed by atoms with E-state index in [4.69, 9.17) is 5.11 Å². The molecular weight excluding hydrogens is 194 g/mol. The van der Waals surface area contributed by atoms with E-state index >= 15 is 0 Å². The Kier molecular flexibility index (Phi) is 4.12. The smallest absolute Gasteiger partial charge is 0.303 e. The molecule has 2 N–H and O–H groups in total. The van der Waals surface area contributed by atoms with E-state index in [0.29, 0.717) is 12.3 Å². The first kappa shape index (κ1) is 12.0. The summed E-state index contributed by atoms with van der Waals surface area (Å²) in [4.78, 5) is 21.8. The molecule has 1 amide bonds. The Morgan fingerprint density at radius 3 is 2.60 bits per heavy atom. The number of rotatable bonds is 6. The molecule has 0 aromatic heterocycles. The van der Waals surface area contributed by atoms with Crippen LogP contribution in [0.15, 0.2) is 0 Å². The van der Waals surface area contributed by atoms with Crippen molar-refractivity contribution < 1.29 is 14.7 Å². The number of carbonyl (C=O) groups is 2. The van der Waals surface area contributed by atoms with Crippen LogP contribution in [0, 0.1) is 11.8 Å². The molecule has 0 heterocycles. The van der Waals surface area contributed by atoms with E-state index in [-0.39, 0.29) is 24.3 Å². The molecule has 0 spiro atoms. The number of nitrogens with one attached hydrogen (secondary N) is 1. The van der Waals surface area contributed by atoms with Gasteiger partial charge in [-0.15, -0.1) is 0 Å². The summed E-state index contributed by atoms with van der Waals surface area (Å²) in [5, 5.41) is 11.4. The highest BCUT2D eigenvalue weighted by molar-refractivity contribution is 5.81. The standard InChI is InChI=1S/C11H19NO3/c1-7-6-9(7)11(15)12-8(2)4-3-5-10(13)14/h7-9H,3-6H2,1-2H3,(H,12,15)(H,13,14). The summed E-state index contributed by atoms with van der Waals surface area (Å²) in [6, 6.07) is 0.0876. The van der Waals surface area contributed by atoms with Gasteiger partial charge in [-0.3, -0.25) is 9.59 Å². The fraction of sp³-hybridized carbons (Fsp3) is 0.818. The molecule has 0 radical (unpaired) electrons. The molecule has 3 atom stereocenters. The Balaban J connectivity index is 2.10. The molecule has 1 rings (SSSR count). The predicted octanol–water partition coefficient (Wildman–Crippen LogP) is 1.40. The SMILES string of the molecule is CC(CCCC(=O)O)NC(=O)C1CC1C. The molecule has 0 aromatic rings. The zero-order valence-electron chi connectivity index (χ0n) is 9.32. The van der Waals surface area contributed by atoms with Crippen LogP contribution in [0.2, 0.25) is 0 Å². The van der Waals surface area contributed by atoms with Gasteiger partial charge in [-0.1, -0.05) is 6.92 Å². The van der Waals surface area contributed by atoms with Crippen LogP contribution in [0.25, 0.3) is 0 Å². The number of amides is 1. The molecule has 0 bridgehead atoms. The first-order valence-electron chi connectivity index (χ1n) is 5.53. The summed E-state index contributed by atoms with van der Waals surface area (Å²) in [6.07, 6.45) is 2.53. The Morgan fingerprint density at radius 2 is 2.13 bits per heavy atom. The lowest BCUT2D eigenvalue weighted by Gasteiger charge is -2.12. The first-order valence-corrected chi connectivity index (χ1v) is 5.53. The van der Waals surface area contributed by atoms with Crippen molar-refractivity contribution >= 4 is 11.9 Å². The summed E-state index contributed by atoms with van der Waals surface area (Å²) >= 11 is 0. The molecule has 0 saturated heterocycles. The molecule has 0 aliphatic heterocycles. The third-order valence-corrected chi connectivity index (χ3v) is 2.86. The normalized spacial score (nSPS) is 25.7. The van der Waals surface area contributed by atoms with E-state index in [9.17, 15) is 9.59 Å². The Morgan fingerprint density at radius 1 is 1.53 bits per heavy atom. The van der Waals surface area contributed by atoms with E-state index in [1.807, 2.05) is 6.92 Å². The van der Waals surface area contributed by atoms with Gasteiger partial charge in [-0.2, -0.15) is 0 Å². The zero-order chi connectivity index (χ0) is 11.4. The third kappa shape index (κ3) is 4.32. The molecule has 3 unspecified atom stereocenters. The topological polar surface area (TPSA) is 66.4 Å². The molecule has 86 valence electrons. The van der Waals surface area contributed by atoms with Crippen molar-refractivity contribution in [1.82, 2.24) is 5.32 Å². The van der Waals surface area contributed by atoms with Gasteiger partial charge in [-0.25, -0.2) is 0 Å². The van der Waals surface area contributed by atoms with Crippen molar-refractivity contribution in [1.29, 1.82) is 0 Å². The van der Waals surface area contributed by atoms with Crippen molar-refractivity contribution in [3.8, 4) is 0 Å². The Labute approximate surface area is 90.0 Å². The van der Waals surface area contributed by atoms with Crippen LogP contribution in [0.3, 0.4) is 0 Å². The molecule has 1 aliphatic rings. The highest BCUT2D eigenvalue weighted by Crippen LogP contribution is 2.37. The molecule has 4 heteroatoms. The molecule has 1 fully saturated rings. The summed E-state index contributed by atoms with van der Waals surface area (Å²) in [6.45, 7) is 3.99. The summed E-state index contributed by atoms with van der Waals surface area (Å²) < 4.78 is 0. The number of hydrogen-bond donors (Lipinski definition) is 2. The second-order valence-electron chi connectivity index (χ2n) is 4.52. The maximum Gasteiger partial charge on any atom is 0.303 e. The quantitative estimate of drug-likeness (QED) is 0.701. The maximum atomic E-state index is 11.5. The second-order valence-corrected chi connectivity index (χ2v) is 4.52. The van der Waals surface area contributed by atoms with Crippen molar-refractivity contribution in [3.05, 3.63) is 0 Å². The van der Waals surface area contributed by atoms with Crippen LogP contribution < -0.4 is 5.32 Å². The number of carboxylic acids is 1. The molecule has 15 heavy (non-hydrogen) atoms. The highest BCUT2D eigenvalue weighted by atomic mass is 16.4. The van der Waals surface area contributed by atoms with E-state index in [1.165, 1.54) is 0 Å². The largest absolute Gasteiger partial charge is 0.481 e. The van der Waals surface area contributed by atoms with Gasteiger partial charge in [0.2, 0.25) is 5.91 Å². The summed E-state index contributed by atoms with van der Waals surface area (Å²) in [5.41, 5.74) is 0. The average Bonchev–Trinajstić information content (AvgIpc) is 2.81. The lowest BCUT2D eigenvalue weighted by Crippen LogP contribution is -2.34. The van der Waals surface area contributed by atoms with Gasteiger partial charge in [0.15, 0.2) is 0 Å². The fourth-order valence-corrected chi connectivity index (χ4v) is 1.67. The van der Waals surface area contributed by atoms with Crippen LogP contribution in [0.5, 0.6) is 0 Å². The number of hydrogen-bond acceptors (Lipinski definition) is 2. The van der Waals surface area contributed by atoms with E-state index in [1.54, 1.807) is 0 Å². The minimum Gasteiger partial charge on any atom is -0.481 e. The zero-order valence-corrected chi connectivity index (χ0v) is 9.32. The maximum absolute atomic E-state index is 11.5. The van der Waals surface area contributed by atoms with E-state index in [2.05, 4.69) is 12.2 Å². The van der Waals surface area contributed by atoms with Crippen LogP contribution in [0.1, 0.15) is 39.5 Å². The minimum atomic E-state index is -0.774. The Hall–Kier alpha value is -1.06. The second kappa shape index (κ2) is 5.14. The lowest BCUT2D eigenvalue weighted by atomic mass is 10.1. The van der Waals surface area contributed by atoms with Crippen molar-refractivity contribution in [2.45, 2.75) is 45.6 Å². The van der Waals surface area contributed by atoms with Gasteiger partial charge >= 0.3 is 5.97 Å². The van der Waals surface area contributed by atoms with E-state index in [0.717, 1.165) is 12.8 Å². The van der Waals surface area contributed by atoms with E-state index < -0.39 is 5.97 Å². The monoisotopic (exact) mass is 213 g/mol. The molecule has 1 saturated carbocycles. The lowest BCUT2D eigenvalue weighted by molar-refractivity contribution is -0.137. The van der Waals surface area contributed by atoms with Gasteiger partial charge in [0.1, 0.15) is 0 Å². The first-order chi connectivity index (χ1) is 7.00.